The number of hydrogen-bond acceptors (Lipinski definition) is 4. The number of β-amino-alcohol motifs (C(OH)–C–C–N with tert-alkyl or cyclic N) is 1. The van der Waals surface area contributed by atoms with Gasteiger partial charge in [0, 0.05) is 18.0 Å². The van der Waals surface area contributed by atoms with Crippen LogP contribution in [0.3, 0.4) is 0 Å². The Kier molecular flexibility index (Phi) is 4.27. The molecule has 1 aromatic rings. The molecule has 1 aromatic carbocycles. The van der Waals surface area contributed by atoms with Crippen LogP contribution in [0.25, 0.3) is 0 Å². The highest BCUT2D eigenvalue weighted by Crippen LogP contribution is 2.32. The van der Waals surface area contributed by atoms with Gasteiger partial charge in [0.05, 0.1) is 11.1 Å². The summed E-state index contributed by atoms with van der Waals surface area (Å²) >= 11 is 11.6. The van der Waals surface area contributed by atoms with E-state index in [1.54, 1.807) is 0 Å². The Labute approximate surface area is 125 Å². The third-order valence-corrected chi connectivity index (χ3v) is 5.59. The molecule has 1 fully saturated rings. The third kappa shape index (κ3) is 2.77. The summed E-state index contributed by atoms with van der Waals surface area (Å²) in [5.74, 6) is -1.32. The quantitative estimate of drug-likeness (QED) is 0.862. The van der Waals surface area contributed by atoms with E-state index >= 15 is 0 Å². The summed E-state index contributed by atoms with van der Waals surface area (Å²) in [6, 6.07) is 2.59. The summed E-state index contributed by atoms with van der Waals surface area (Å²) in [6.45, 7) is -0.290. The average Bonchev–Trinajstić information content (AvgIpc) is 2.75. The van der Waals surface area contributed by atoms with Crippen LogP contribution < -0.4 is 0 Å². The lowest BCUT2D eigenvalue weighted by atomic mass is 10.2. The van der Waals surface area contributed by atoms with Crippen molar-refractivity contribution in [2.75, 3.05) is 6.54 Å². The Morgan fingerprint density at radius 3 is 2.60 bits per heavy atom. The van der Waals surface area contributed by atoms with Crippen LogP contribution in [-0.4, -0.2) is 47.6 Å². The van der Waals surface area contributed by atoms with Crippen molar-refractivity contribution in [2.45, 2.75) is 23.5 Å². The zero-order chi connectivity index (χ0) is 15.1. The van der Waals surface area contributed by atoms with E-state index in [1.807, 2.05) is 0 Å². The average molecular weight is 340 g/mol. The Morgan fingerprint density at radius 1 is 1.35 bits per heavy atom. The molecule has 0 aromatic heterocycles. The molecule has 9 heteroatoms. The van der Waals surface area contributed by atoms with Crippen molar-refractivity contribution in [1.82, 2.24) is 4.31 Å². The van der Waals surface area contributed by atoms with Gasteiger partial charge in [-0.2, -0.15) is 4.31 Å². The largest absolute Gasteiger partial charge is 0.480 e. The summed E-state index contributed by atoms with van der Waals surface area (Å²) in [5, 5.41) is 18.7. The second-order valence-corrected chi connectivity index (χ2v) is 7.10. The first-order valence-corrected chi connectivity index (χ1v) is 7.81. The third-order valence-electron chi connectivity index (χ3n) is 3.00. The molecule has 0 saturated carbocycles. The van der Waals surface area contributed by atoms with Crippen LogP contribution in [0.5, 0.6) is 0 Å². The molecule has 0 unspecified atom stereocenters. The van der Waals surface area contributed by atoms with E-state index in [1.165, 1.54) is 12.1 Å². The molecule has 2 N–H and O–H groups in total. The number of carboxylic acids is 1. The molecule has 0 bridgehead atoms. The normalized spacial score (nSPS) is 23.9. The van der Waals surface area contributed by atoms with Gasteiger partial charge in [0.1, 0.15) is 10.9 Å². The summed E-state index contributed by atoms with van der Waals surface area (Å²) in [5.41, 5.74) is 0. The minimum absolute atomic E-state index is 0.0556. The molecule has 1 aliphatic heterocycles. The molecule has 2 atom stereocenters. The van der Waals surface area contributed by atoms with Gasteiger partial charge < -0.3 is 10.2 Å². The molecule has 0 aliphatic carbocycles. The van der Waals surface area contributed by atoms with Gasteiger partial charge in [-0.05, 0) is 18.2 Å². The van der Waals surface area contributed by atoms with Gasteiger partial charge >= 0.3 is 5.97 Å². The number of rotatable bonds is 3. The van der Waals surface area contributed by atoms with E-state index in [9.17, 15) is 18.3 Å². The van der Waals surface area contributed by atoms with Crippen molar-refractivity contribution < 1.29 is 23.4 Å². The Hall–Kier alpha value is -0.860. The lowest BCUT2D eigenvalue weighted by Gasteiger charge is -2.21. The molecule has 1 saturated heterocycles. The Bertz CT molecular complexity index is 648. The molecule has 0 radical (unpaired) electrons. The lowest BCUT2D eigenvalue weighted by molar-refractivity contribution is -0.140. The van der Waals surface area contributed by atoms with Crippen LogP contribution in [-0.2, 0) is 14.8 Å². The summed E-state index contributed by atoms with van der Waals surface area (Å²) in [7, 11) is -4.14. The number of aliphatic carboxylic acids is 1. The topological polar surface area (TPSA) is 94.9 Å². The molecule has 20 heavy (non-hydrogen) atoms. The molecule has 0 spiro atoms. The van der Waals surface area contributed by atoms with Gasteiger partial charge in [-0.25, -0.2) is 8.42 Å². The van der Waals surface area contributed by atoms with Crippen molar-refractivity contribution in [3.05, 3.63) is 28.2 Å². The van der Waals surface area contributed by atoms with Crippen LogP contribution >= 0.6 is 23.2 Å². The fourth-order valence-corrected chi connectivity index (χ4v) is 4.45. The van der Waals surface area contributed by atoms with E-state index in [4.69, 9.17) is 28.3 Å². The lowest BCUT2D eigenvalue weighted by Crippen LogP contribution is -2.40. The maximum atomic E-state index is 12.5. The van der Waals surface area contributed by atoms with Crippen molar-refractivity contribution in [3.8, 4) is 0 Å². The summed E-state index contributed by atoms with van der Waals surface area (Å²) < 4.78 is 25.7. The molecule has 1 heterocycles. The van der Waals surface area contributed by atoms with E-state index < -0.39 is 28.1 Å². The summed E-state index contributed by atoms with van der Waals surface area (Å²) in [4.78, 5) is 10.8. The molecule has 1 aliphatic rings. The van der Waals surface area contributed by atoms with Crippen LogP contribution in [0.2, 0.25) is 10.0 Å². The zero-order valence-corrected chi connectivity index (χ0v) is 12.4. The number of hydrogen-bond donors (Lipinski definition) is 2. The fourth-order valence-electron chi connectivity index (χ4n) is 2.08. The van der Waals surface area contributed by atoms with Crippen molar-refractivity contribution in [2.24, 2.45) is 0 Å². The number of halogens is 2. The highest BCUT2D eigenvalue weighted by Gasteiger charge is 2.44. The van der Waals surface area contributed by atoms with E-state index in [0.717, 1.165) is 10.4 Å². The molecular weight excluding hydrogens is 329 g/mol. The predicted molar refractivity (Wildman–Crippen MR) is 72.4 cm³/mol. The van der Waals surface area contributed by atoms with Gasteiger partial charge in [0.2, 0.25) is 10.0 Å². The second kappa shape index (κ2) is 5.50. The highest BCUT2D eigenvalue weighted by atomic mass is 35.5. The van der Waals surface area contributed by atoms with Crippen molar-refractivity contribution >= 4 is 39.2 Å². The SMILES string of the molecule is O=C(O)[C@H]1C[C@@H](O)CN1S(=O)(=O)c1cc(Cl)ccc1Cl. The Balaban J connectivity index is 2.49. The van der Waals surface area contributed by atoms with Gasteiger partial charge in [0.25, 0.3) is 0 Å². The summed E-state index contributed by atoms with van der Waals surface area (Å²) in [6.07, 6.45) is -1.18. The fraction of sp³-hybridized carbons (Fsp3) is 0.364. The maximum absolute atomic E-state index is 12.5. The van der Waals surface area contributed by atoms with Gasteiger partial charge in [-0.15, -0.1) is 0 Å². The molecule has 0 amide bonds. The predicted octanol–water partition coefficient (Wildman–Crippen LogP) is 1.20. The monoisotopic (exact) mass is 339 g/mol. The number of carbonyl (C=O) groups is 1. The molecule has 110 valence electrons. The molecule has 6 nitrogen and oxygen atoms in total. The number of sulfonamides is 1. The smallest absolute Gasteiger partial charge is 0.322 e. The van der Waals surface area contributed by atoms with Crippen LogP contribution in [0.1, 0.15) is 6.42 Å². The van der Waals surface area contributed by atoms with E-state index in [2.05, 4.69) is 0 Å². The highest BCUT2D eigenvalue weighted by molar-refractivity contribution is 7.89. The number of aliphatic hydroxyl groups is 1. The number of carboxylic acid groups (broad SMARTS) is 1. The molecular formula is C11H11Cl2NO5S. The van der Waals surface area contributed by atoms with Crippen molar-refractivity contribution in [1.29, 1.82) is 0 Å². The van der Waals surface area contributed by atoms with E-state index in [0.29, 0.717) is 0 Å². The van der Waals surface area contributed by atoms with Crippen LogP contribution in [0.15, 0.2) is 23.1 Å². The van der Waals surface area contributed by atoms with Crippen LogP contribution in [0, 0.1) is 0 Å². The minimum Gasteiger partial charge on any atom is -0.480 e. The first-order chi connectivity index (χ1) is 9.23. The maximum Gasteiger partial charge on any atom is 0.322 e. The number of nitrogens with zero attached hydrogens (tertiary/aromatic N) is 1. The Morgan fingerprint density at radius 2 is 2.00 bits per heavy atom. The number of benzene rings is 1. The standard InChI is InChI=1S/C11H11Cl2NO5S/c12-6-1-2-8(13)10(3-6)20(18,19)14-5-7(15)4-9(14)11(16)17/h1-3,7,9,15H,4-5H2,(H,16,17)/t7-,9-/m1/s1. The van der Waals surface area contributed by atoms with Gasteiger partial charge in [0.15, 0.2) is 0 Å². The van der Waals surface area contributed by atoms with Crippen LogP contribution in [0.4, 0.5) is 0 Å². The van der Waals surface area contributed by atoms with Crippen molar-refractivity contribution in [3.63, 3.8) is 0 Å². The van der Waals surface area contributed by atoms with Gasteiger partial charge in [-0.1, -0.05) is 23.2 Å². The molecule has 2 rings (SSSR count). The van der Waals surface area contributed by atoms with E-state index in [-0.39, 0.29) is 27.9 Å². The second-order valence-electron chi connectivity index (χ2n) is 4.39. The number of aliphatic hydroxyl groups excluding tert-OH is 1. The van der Waals surface area contributed by atoms with Gasteiger partial charge in [-0.3, -0.25) is 4.79 Å². The first kappa shape index (κ1) is 15.5. The minimum atomic E-state index is -4.14. The first-order valence-electron chi connectivity index (χ1n) is 5.61. The zero-order valence-electron chi connectivity index (χ0n) is 10.0.